The standard InChI is InChI=1S/C19H25NO3/c1-19(2)13-15-9-6-10-16(17(15)23-19)22-12-11-20-18(21)14-7-4-3-5-8-14/h3-4,6,9-10,14H,5,7-8,11-13H2,1-2H3,(H,20,21)/t14-/m1/s1. The summed E-state index contributed by atoms with van der Waals surface area (Å²) < 4.78 is 11.8. The Kier molecular flexibility index (Phi) is 4.60. The van der Waals surface area contributed by atoms with E-state index in [1.807, 2.05) is 12.1 Å². The molecule has 1 aliphatic heterocycles. The predicted molar refractivity (Wildman–Crippen MR) is 89.8 cm³/mol. The van der Waals surface area contributed by atoms with Crippen LogP contribution in [0, 0.1) is 5.92 Å². The Labute approximate surface area is 137 Å². The molecule has 0 saturated heterocycles. The van der Waals surface area contributed by atoms with Crippen molar-refractivity contribution in [2.45, 2.75) is 45.1 Å². The Bertz CT molecular complexity index is 607. The van der Waals surface area contributed by atoms with Crippen LogP contribution >= 0.6 is 0 Å². The van der Waals surface area contributed by atoms with Gasteiger partial charge >= 0.3 is 0 Å². The van der Waals surface area contributed by atoms with Crippen LogP contribution in [0.4, 0.5) is 0 Å². The number of rotatable bonds is 5. The summed E-state index contributed by atoms with van der Waals surface area (Å²) in [7, 11) is 0. The zero-order valence-corrected chi connectivity index (χ0v) is 13.9. The van der Waals surface area contributed by atoms with Gasteiger partial charge in [-0.3, -0.25) is 4.79 Å². The second-order valence-corrected chi connectivity index (χ2v) is 6.90. The van der Waals surface area contributed by atoms with Gasteiger partial charge in [0.05, 0.1) is 6.54 Å². The quantitative estimate of drug-likeness (QED) is 0.670. The van der Waals surface area contributed by atoms with Gasteiger partial charge in [0, 0.05) is 17.9 Å². The van der Waals surface area contributed by atoms with Crippen LogP contribution in [-0.2, 0) is 11.2 Å². The molecule has 124 valence electrons. The van der Waals surface area contributed by atoms with Gasteiger partial charge in [-0.25, -0.2) is 0 Å². The van der Waals surface area contributed by atoms with Gasteiger partial charge in [0.2, 0.25) is 5.91 Å². The van der Waals surface area contributed by atoms with E-state index < -0.39 is 0 Å². The first-order valence-corrected chi connectivity index (χ1v) is 8.41. The molecule has 1 N–H and O–H groups in total. The fraction of sp³-hybridized carbons (Fsp3) is 0.526. The number of benzene rings is 1. The number of hydrogen-bond donors (Lipinski definition) is 1. The lowest BCUT2D eigenvalue weighted by atomic mass is 9.94. The summed E-state index contributed by atoms with van der Waals surface area (Å²) in [4.78, 5) is 12.1. The largest absolute Gasteiger partial charge is 0.488 e. The van der Waals surface area contributed by atoms with E-state index in [9.17, 15) is 4.79 Å². The Hall–Kier alpha value is -1.97. The molecule has 1 aliphatic carbocycles. The number of para-hydroxylation sites is 1. The van der Waals surface area contributed by atoms with Gasteiger partial charge < -0.3 is 14.8 Å². The van der Waals surface area contributed by atoms with Crippen molar-refractivity contribution >= 4 is 5.91 Å². The lowest BCUT2D eigenvalue weighted by molar-refractivity contribution is -0.125. The normalized spacial score (nSPS) is 21.4. The number of hydrogen-bond acceptors (Lipinski definition) is 3. The van der Waals surface area contributed by atoms with Crippen molar-refractivity contribution < 1.29 is 14.3 Å². The van der Waals surface area contributed by atoms with Gasteiger partial charge in [-0.1, -0.05) is 24.3 Å². The van der Waals surface area contributed by atoms with Gasteiger partial charge in [-0.2, -0.15) is 0 Å². The fourth-order valence-corrected chi connectivity index (χ4v) is 3.21. The van der Waals surface area contributed by atoms with Crippen LogP contribution in [0.25, 0.3) is 0 Å². The molecular weight excluding hydrogens is 290 g/mol. The molecule has 0 fully saturated rings. The van der Waals surface area contributed by atoms with E-state index in [2.05, 4.69) is 37.4 Å². The maximum absolute atomic E-state index is 12.1. The first kappa shape index (κ1) is 15.9. The first-order valence-electron chi connectivity index (χ1n) is 8.41. The predicted octanol–water partition coefficient (Wildman–Crippen LogP) is 3.25. The number of carbonyl (C=O) groups is 1. The molecule has 3 rings (SSSR count). The number of ether oxygens (including phenoxy) is 2. The van der Waals surface area contributed by atoms with E-state index >= 15 is 0 Å². The third-order valence-electron chi connectivity index (χ3n) is 4.35. The molecule has 1 aromatic rings. The Morgan fingerprint density at radius 2 is 2.26 bits per heavy atom. The Morgan fingerprint density at radius 1 is 1.39 bits per heavy atom. The van der Waals surface area contributed by atoms with Crippen molar-refractivity contribution in [3.05, 3.63) is 35.9 Å². The zero-order chi connectivity index (χ0) is 16.3. The molecule has 0 aromatic heterocycles. The number of carbonyl (C=O) groups excluding carboxylic acids is 1. The van der Waals surface area contributed by atoms with E-state index in [4.69, 9.17) is 9.47 Å². The summed E-state index contributed by atoms with van der Waals surface area (Å²) in [5, 5.41) is 2.97. The third kappa shape index (κ3) is 3.87. The van der Waals surface area contributed by atoms with Crippen LogP contribution in [0.15, 0.2) is 30.4 Å². The molecule has 0 radical (unpaired) electrons. The third-order valence-corrected chi connectivity index (χ3v) is 4.35. The van der Waals surface area contributed by atoms with Crippen molar-refractivity contribution in [3.8, 4) is 11.5 Å². The van der Waals surface area contributed by atoms with Crippen molar-refractivity contribution in [1.82, 2.24) is 5.32 Å². The van der Waals surface area contributed by atoms with Crippen LogP contribution in [-0.4, -0.2) is 24.7 Å². The van der Waals surface area contributed by atoms with E-state index in [1.54, 1.807) is 0 Å². The number of nitrogens with one attached hydrogen (secondary N) is 1. The summed E-state index contributed by atoms with van der Waals surface area (Å²) in [6, 6.07) is 6.00. The minimum atomic E-state index is -0.176. The highest BCUT2D eigenvalue weighted by atomic mass is 16.5. The van der Waals surface area contributed by atoms with Crippen LogP contribution in [0.3, 0.4) is 0 Å². The molecule has 1 atom stereocenters. The average molecular weight is 315 g/mol. The second-order valence-electron chi connectivity index (χ2n) is 6.90. The highest BCUT2D eigenvalue weighted by Gasteiger charge is 2.32. The molecule has 1 aromatic carbocycles. The number of amides is 1. The van der Waals surface area contributed by atoms with E-state index in [0.717, 1.165) is 37.2 Å². The minimum absolute atomic E-state index is 0.116. The minimum Gasteiger partial charge on any atom is -0.488 e. The summed E-state index contributed by atoms with van der Waals surface area (Å²) in [6.45, 7) is 5.13. The topological polar surface area (TPSA) is 47.6 Å². The lowest BCUT2D eigenvalue weighted by Crippen LogP contribution is -2.34. The van der Waals surface area contributed by atoms with Crippen LogP contribution in [0.5, 0.6) is 11.5 Å². The SMILES string of the molecule is CC1(C)Cc2cccc(OCCNC(=O)[C@@H]3CC=CCC3)c2O1. The zero-order valence-electron chi connectivity index (χ0n) is 13.9. The van der Waals surface area contributed by atoms with Crippen molar-refractivity contribution in [2.75, 3.05) is 13.2 Å². The highest BCUT2D eigenvalue weighted by Crippen LogP contribution is 2.41. The molecule has 4 nitrogen and oxygen atoms in total. The summed E-state index contributed by atoms with van der Waals surface area (Å²) in [6.07, 6.45) is 7.92. The molecule has 2 aliphatic rings. The molecular formula is C19H25NO3. The lowest BCUT2D eigenvalue weighted by Gasteiger charge is -2.19. The van der Waals surface area contributed by atoms with Crippen molar-refractivity contribution in [3.63, 3.8) is 0 Å². The molecule has 4 heteroatoms. The molecule has 0 spiro atoms. The van der Waals surface area contributed by atoms with Crippen molar-refractivity contribution in [1.29, 1.82) is 0 Å². The molecule has 1 heterocycles. The molecule has 1 amide bonds. The van der Waals surface area contributed by atoms with E-state index in [0.29, 0.717) is 13.2 Å². The average Bonchev–Trinajstić information content (AvgIpc) is 2.86. The molecule has 0 bridgehead atoms. The molecule has 23 heavy (non-hydrogen) atoms. The monoisotopic (exact) mass is 315 g/mol. The molecule has 0 saturated carbocycles. The first-order chi connectivity index (χ1) is 11.1. The summed E-state index contributed by atoms with van der Waals surface area (Å²) >= 11 is 0. The van der Waals surface area contributed by atoms with Gasteiger partial charge in [-0.15, -0.1) is 0 Å². The number of fused-ring (bicyclic) bond motifs is 1. The summed E-state index contributed by atoms with van der Waals surface area (Å²) in [5.74, 6) is 1.86. The van der Waals surface area contributed by atoms with Gasteiger partial charge in [0.25, 0.3) is 0 Å². The fourth-order valence-electron chi connectivity index (χ4n) is 3.21. The van der Waals surface area contributed by atoms with E-state index in [1.165, 1.54) is 5.56 Å². The maximum Gasteiger partial charge on any atom is 0.223 e. The molecule has 0 unspecified atom stereocenters. The van der Waals surface area contributed by atoms with Gasteiger partial charge in [0.1, 0.15) is 12.2 Å². The Morgan fingerprint density at radius 3 is 3.04 bits per heavy atom. The van der Waals surface area contributed by atoms with Crippen LogP contribution in [0.2, 0.25) is 0 Å². The van der Waals surface area contributed by atoms with Gasteiger partial charge in [-0.05, 0) is 39.2 Å². The second kappa shape index (κ2) is 6.65. The van der Waals surface area contributed by atoms with E-state index in [-0.39, 0.29) is 17.4 Å². The van der Waals surface area contributed by atoms with Gasteiger partial charge in [0.15, 0.2) is 11.5 Å². The Balaban J connectivity index is 1.48. The number of allylic oxidation sites excluding steroid dienone is 2. The maximum atomic E-state index is 12.1. The van der Waals surface area contributed by atoms with Crippen LogP contribution < -0.4 is 14.8 Å². The van der Waals surface area contributed by atoms with Crippen molar-refractivity contribution in [2.24, 2.45) is 5.92 Å². The summed E-state index contributed by atoms with van der Waals surface area (Å²) in [5.41, 5.74) is 1.01. The van der Waals surface area contributed by atoms with Crippen LogP contribution in [0.1, 0.15) is 38.7 Å². The highest BCUT2D eigenvalue weighted by molar-refractivity contribution is 5.78. The smallest absolute Gasteiger partial charge is 0.223 e.